The van der Waals surface area contributed by atoms with Crippen LogP contribution in [-0.4, -0.2) is 24.2 Å². The second-order valence-corrected chi connectivity index (χ2v) is 10.8. The first-order valence-corrected chi connectivity index (χ1v) is 16.0. The van der Waals surface area contributed by atoms with Crippen molar-refractivity contribution in [2.75, 3.05) is 13.2 Å². The van der Waals surface area contributed by atoms with Gasteiger partial charge < -0.3 is 13.9 Å². The van der Waals surface area contributed by atoms with E-state index in [4.69, 9.17) is 13.9 Å². The lowest BCUT2D eigenvalue weighted by Gasteiger charge is -2.04. The van der Waals surface area contributed by atoms with Gasteiger partial charge in [-0.3, -0.25) is 0 Å². The van der Waals surface area contributed by atoms with E-state index in [0.717, 1.165) is 25.7 Å². The number of esters is 1. The summed E-state index contributed by atoms with van der Waals surface area (Å²) in [6, 6.07) is 0. The van der Waals surface area contributed by atoms with E-state index >= 15 is 0 Å². The summed E-state index contributed by atoms with van der Waals surface area (Å²) in [5.41, 5.74) is 0.198. The largest absolute Gasteiger partial charge is 0.461 e. The highest BCUT2D eigenvalue weighted by molar-refractivity contribution is 5.86. The predicted molar refractivity (Wildman–Crippen MR) is 154 cm³/mol. The van der Waals surface area contributed by atoms with Crippen LogP contribution in [0.2, 0.25) is 0 Å². The van der Waals surface area contributed by atoms with Gasteiger partial charge in [0.1, 0.15) is 6.26 Å². The van der Waals surface area contributed by atoms with E-state index in [2.05, 4.69) is 18.8 Å². The summed E-state index contributed by atoms with van der Waals surface area (Å²) >= 11 is 0. The summed E-state index contributed by atoms with van der Waals surface area (Å²) in [5.74, 6) is -0.424. The first-order valence-electron chi connectivity index (χ1n) is 16.0. The highest BCUT2D eigenvalue weighted by atomic mass is 16.6. The van der Waals surface area contributed by atoms with Crippen LogP contribution in [0, 0.1) is 0 Å². The predicted octanol–water partition coefficient (Wildman–Crippen LogP) is 10.6. The SMILES string of the molecule is CCCCCCCCCCCCCCOC(=O)c1coc(OCCCCCCCCCCCCCC)n1. The molecule has 5 heteroatoms. The Morgan fingerprint density at radius 2 is 0.973 bits per heavy atom. The van der Waals surface area contributed by atoms with Crippen molar-refractivity contribution in [1.82, 2.24) is 4.98 Å². The average Bonchev–Trinajstić information content (AvgIpc) is 3.38. The van der Waals surface area contributed by atoms with Gasteiger partial charge in [-0.1, -0.05) is 155 Å². The number of ether oxygens (including phenoxy) is 2. The number of carbonyl (C=O) groups excluding carboxylic acids is 1. The fourth-order valence-corrected chi connectivity index (χ4v) is 4.70. The molecule has 0 aliphatic heterocycles. The van der Waals surface area contributed by atoms with E-state index in [1.807, 2.05) is 0 Å². The molecule has 0 aromatic carbocycles. The maximum atomic E-state index is 12.1. The third-order valence-corrected chi connectivity index (χ3v) is 7.15. The molecule has 0 aliphatic carbocycles. The van der Waals surface area contributed by atoms with E-state index in [9.17, 15) is 4.79 Å². The van der Waals surface area contributed by atoms with E-state index in [1.54, 1.807) is 0 Å². The molecule has 1 aromatic rings. The standard InChI is InChI=1S/C32H59NO4/c1-3-5-7-9-11-13-15-17-19-21-23-25-27-35-31(34)30-29-37-32(33-30)36-28-26-24-22-20-18-16-14-12-10-8-6-4-2/h29H,3-28H2,1-2H3. The third-order valence-electron chi connectivity index (χ3n) is 7.15. The Kier molecular flexibility index (Phi) is 23.6. The zero-order valence-corrected chi connectivity index (χ0v) is 24.5. The first kappa shape index (κ1) is 33.5. The normalized spacial score (nSPS) is 11.2. The van der Waals surface area contributed by atoms with Gasteiger partial charge in [0.15, 0.2) is 5.69 Å². The van der Waals surface area contributed by atoms with Gasteiger partial charge in [-0.2, -0.15) is 4.98 Å². The fourth-order valence-electron chi connectivity index (χ4n) is 4.70. The van der Waals surface area contributed by atoms with Crippen molar-refractivity contribution in [3.63, 3.8) is 0 Å². The van der Waals surface area contributed by atoms with Gasteiger partial charge in [0.2, 0.25) is 0 Å². The topological polar surface area (TPSA) is 61.6 Å². The minimum absolute atomic E-state index is 0.167. The van der Waals surface area contributed by atoms with Gasteiger partial charge in [0, 0.05) is 0 Å². The van der Waals surface area contributed by atoms with Crippen LogP contribution in [-0.2, 0) is 4.74 Å². The van der Waals surface area contributed by atoms with Gasteiger partial charge in [-0.05, 0) is 12.8 Å². The summed E-state index contributed by atoms with van der Waals surface area (Å²) in [5, 5.41) is 0. The zero-order valence-electron chi connectivity index (χ0n) is 24.5. The van der Waals surface area contributed by atoms with Gasteiger partial charge in [-0.15, -0.1) is 0 Å². The molecule has 0 unspecified atom stereocenters. The average molecular weight is 522 g/mol. The maximum absolute atomic E-state index is 12.1. The lowest BCUT2D eigenvalue weighted by atomic mass is 10.1. The summed E-state index contributed by atoms with van der Waals surface area (Å²) in [4.78, 5) is 16.3. The van der Waals surface area contributed by atoms with Crippen LogP contribution in [0.1, 0.15) is 178 Å². The molecule has 0 radical (unpaired) electrons. The number of carbonyl (C=O) groups is 1. The van der Waals surface area contributed by atoms with E-state index in [1.165, 1.54) is 135 Å². The first-order chi connectivity index (χ1) is 18.3. The van der Waals surface area contributed by atoms with Gasteiger partial charge in [0.25, 0.3) is 0 Å². The van der Waals surface area contributed by atoms with Crippen molar-refractivity contribution in [3.8, 4) is 6.08 Å². The van der Waals surface area contributed by atoms with Crippen LogP contribution in [0.5, 0.6) is 6.08 Å². The molecule has 1 heterocycles. The Balaban J connectivity index is 1.89. The molecular weight excluding hydrogens is 462 g/mol. The molecule has 37 heavy (non-hydrogen) atoms. The molecule has 5 nitrogen and oxygen atoms in total. The molecule has 0 spiro atoms. The number of hydrogen-bond donors (Lipinski definition) is 0. The number of unbranched alkanes of at least 4 members (excludes halogenated alkanes) is 22. The Bertz CT molecular complexity index is 616. The molecule has 0 N–H and O–H groups in total. The van der Waals surface area contributed by atoms with Crippen molar-refractivity contribution in [3.05, 3.63) is 12.0 Å². The zero-order chi connectivity index (χ0) is 26.7. The molecule has 0 aliphatic rings. The summed E-state index contributed by atoms with van der Waals surface area (Å²) in [7, 11) is 0. The molecule has 0 atom stereocenters. The minimum atomic E-state index is -0.424. The van der Waals surface area contributed by atoms with Crippen LogP contribution < -0.4 is 4.74 Å². The Morgan fingerprint density at radius 3 is 1.41 bits per heavy atom. The van der Waals surface area contributed by atoms with Gasteiger partial charge in [-0.25, -0.2) is 4.79 Å². The summed E-state index contributed by atoms with van der Waals surface area (Å²) in [6.07, 6.45) is 32.7. The molecule has 216 valence electrons. The van der Waals surface area contributed by atoms with Gasteiger partial charge >= 0.3 is 12.0 Å². The number of nitrogens with zero attached hydrogens (tertiary/aromatic N) is 1. The molecule has 0 bridgehead atoms. The van der Waals surface area contributed by atoms with Crippen LogP contribution in [0.4, 0.5) is 0 Å². The Morgan fingerprint density at radius 1 is 0.595 bits per heavy atom. The monoisotopic (exact) mass is 521 g/mol. The molecule has 1 rings (SSSR count). The van der Waals surface area contributed by atoms with Crippen molar-refractivity contribution >= 4 is 5.97 Å². The fraction of sp³-hybridized carbons (Fsp3) is 0.875. The molecule has 0 fully saturated rings. The molecule has 0 saturated heterocycles. The Hall–Kier alpha value is -1.52. The lowest BCUT2D eigenvalue weighted by molar-refractivity contribution is 0.0490. The molecule has 0 saturated carbocycles. The van der Waals surface area contributed by atoms with Crippen LogP contribution >= 0.6 is 0 Å². The molecule has 0 amide bonds. The second-order valence-electron chi connectivity index (χ2n) is 10.8. The number of oxazole rings is 1. The minimum Gasteiger partial charge on any atom is -0.461 e. The number of hydrogen-bond acceptors (Lipinski definition) is 5. The Labute approximate surface area is 228 Å². The lowest BCUT2D eigenvalue weighted by Crippen LogP contribution is -2.07. The summed E-state index contributed by atoms with van der Waals surface area (Å²) < 4.78 is 16.2. The van der Waals surface area contributed by atoms with E-state index < -0.39 is 5.97 Å². The maximum Gasteiger partial charge on any atom is 0.394 e. The van der Waals surface area contributed by atoms with Crippen LogP contribution in [0.3, 0.4) is 0 Å². The molecule has 1 aromatic heterocycles. The van der Waals surface area contributed by atoms with Crippen molar-refractivity contribution < 1.29 is 18.7 Å². The van der Waals surface area contributed by atoms with Gasteiger partial charge in [0.05, 0.1) is 13.2 Å². The summed E-state index contributed by atoms with van der Waals surface area (Å²) in [6.45, 7) is 5.55. The molecular formula is C32H59NO4. The van der Waals surface area contributed by atoms with Crippen LogP contribution in [0.25, 0.3) is 0 Å². The second kappa shape index (κ2) is 26.1. The van der Waals surface area contributed by atoms with E-state index in [0.29, 0.717) is 13.2 Å². The third kappa shape index (κ3) is 21.1. The van der Waals surface area contributed by atoms with Crippen molar-refractivity contribution in [2.24, 2.45) is 0 Å². The van der Waals surface area contributed by atoms with Crippen LogP contribution in [0.15, 0.2) is 10.7 Å². The van der Waals surface area contributed by atoms with E-state index in [-0.39, 0.29) is 11.8 Å². The highest BCUT2D eigenvalue weighted by Gasteiger charge is 2.14. The number of rotatable bonds is 28. The van der Waals surface area contributed by atoms with Crippen molar-refractivity contribution in [2.45, 2.75) is 168 Å². The van der Waals surface area contributed by atoms with Crippen molar-refractivity contribution in [1.29, 1.82) is 0 Å². The smallest absolute Gasteiger partial charge is 0.394 e. The quantitative estimate of drug-likeness (QED) is 0.0810. The highest BCUT2D eigenvalue weighted by Crippen LogP contribution is 2.15. The number of aromatic nitrogens is 1.